The number of carbonyl (C=O) groups excluding carboxylic acids is 2. The quantitative estimate of drug-likeness (QED) is 0.793. The Kier molecular flexibility index (Phi) is 5.74. The Morgan fingerprint density at radius 3 is 2.52 bits per heavy atom. The Labute approximate surface area is 172 Å². The minimum absolute atomic E-state index is 0.00828. The van der Waals surface area contributed by atoms with E-state index in [0.717, 1.165) is 54.1 Å². The second kappa shape index (κ2) is 8.44. The number of furan rings is 1. The molecule has 1 saturated carbocycles. The van der Waals surface area contributed by atoms with E-state index >= 15 is 0 Å². The van der Waals surface area contributed by atoms with Crippen molar-refractivity contribution in [2.75, 3.05) is 11.9 Å². The standard InChI is InChI=1S/C24H30N2O3/c1-16(2)23(27)25-20-10-8-17(9-11-20)22-14-19-15-26(13-12-21(19)29-22)24(28)18-6-4-3-5-7-18/h8-11,14,16,18H,3-7,12-13,15H2,1-2H3,(H,25,27). The molecular weight excluding hydrogens is 364 g/mol. The number of benzene rings is 1. The molecule has 29 heavy (non-hydrogen) atoms. The Balaban J connectivity index is 1.44. The normalized spacial score (nSPS) is 17.3. The predicted octanol–water partition coefficient (Wildman–Crippen LogP) is 5.01. The molecule has 1 fully saturated rings. The summed E-state index contributed by atoms with van der Waals surface area (Å²) in [4.78, 5) is 26.7. The number of rotatable bonds is 4. The van der Waals surface area contributed by atoms with Gasteiger partial charge in [0.1, 0.15) is 11.5 Å². The number of carbonyl (C=O) groups is 2. The van der Waals surface area contributed by atoms with E-state index in [-0.39, 0.29) is 17.7 Å². The van der Waals surface area contributed by atoms with Crippen molar-refractivity contribution in [1.82, 2.24) is 4.90 Å². The Morgan fingerprint density at radius 2 is 1.83 bits per heavy atom. The molecule has 1 aliphatic heterocycles. The van der Waals surface area contributed by atoms with Gasteiger partial charge in [-0.15, -0.1) is 0 Å². The van der Waals surface area contributed by atoms with Gasteiger partial charge >= 0.3 is 0 Å². The molecule has 1 aromatic carbocycles. The van der Waals surface area contributed by atoms with Crippen molar-refractivity contribution in [3.63, 3.8) is 0 Å². The lowest BCUT2D eigenvalue weighted by atomic mass is 9.88. The minimum Gasteiger partial charge on any atom is -0.461 e. The summed E-state index contributed by atoms with van der Waals surface area (Å²) >= 11 is 0. The summed E-state index contributed by atoms with van der Waals surface area (Å²) in [5.41, 5.74) is 2.88. The third kappa shape index (κ3) is 4.39. The Bertz CT molecular complexity index is 876. The summed E-state index contributed by atoms with van der Waals surface area (Å²) in [5.74, 6) is 2.31. The number of nitrogens with zero attached hydrogens (tertiary/aromatic N) is 1. The lowest BCUT2D eigenvalue weighted by molar-refractivity contribution is -0.137. The van der Waals surface area contributed by atoms with Gasteiger partial charge in [-0.05, 0) is 43.2 Å². The maximum atomic E-state index is 12.9. The molecule has 2 aromatic rings. The molecule has 1 aromatic heterocycles. The van der Waals surface area contributed by atoms with Crippen LogP contribution in [0.25, 0.3) is 11.3 Å². The fraction of sp³-hybridized carbons (Fsp3) is 0.500. The van der Waals surface area contributed by atoms with Gasteiger partial charge in [-0.25, -0.2) is 0 Å². The molecule has 2 heterocycles. The van der Waals surface area contributed by atoms with E-state index in [2.05, 4.69) is 11.4 Å². The van der Waals surface area contributed by atoms with Crippen LogP contribution in [-0.4, -0.2) is 23.3 Å². The van der Waals surface area contributed by atoms with E-state index in [1.807, 2.05) is 43.0 Å². The Morgan fingerprint density at radius 1 is 1.10 bits per heavy atom. The summed E-state index contributed by atoms with van der Waals surface area (Å²) in [6.45, 7) is 5.14. The van der Waals surface area contributed by atoms with E-state index in [0.29, 0.717) is 12.5 Å². The molecule has 0 atom stereocenters. The number of amides is 2. The van der Waals surface area contributed by atoms with Gasteiger partial charge in [-0.1, -0.05) is 33.1 Å². The second-order valence-corrected chi connectivity index (χ2v) is 8.63. The SMILES string of the molecule is CC(C)C(=O)Nc1ccc(-c2cc3c(o2)CCN(C(=O)C2CCCCC2)C3)cc1. The van der Waals surface area contributed by atoms with Gasteiger partial charge in [0.25, 0.3) is 0 Å². The van der Waals surface area contributed by atoms with Crippen LogP contribution in [0, 0.1) is 11.8 Å². The van der Waals surface area contributed by atoms with Gasteiger partial charge < -0.3 is 14.6 Å². The molecule has 0 saturated heterocycles. The van der Waals surface area contributed by atoms with Crippen molar-refractivity contribution in [3.8, 4) is 11.3 Å². The fourth-order valence-electron chi connectivity index (χ4n) is 4.28. The highest BCUT2D eigenvalue weighted by atomic mass is 16.3. The van der Waals surface area contributed by atoms with Gasteiger partial charge in [0.15, 0.2) is 0 Å². The van der Waals surface area contributed by atoms with Crippen molar-refractivity contribution in [1.29, 1.82) is 0 Å². The number of fused-ring (bicyclic) bond motifs is 1. The minimum atomic E-state index is -0.0502. The van der Waals surface area contributed by atoms with Crippen molar-refractivity contribution < 1.29 is 14.0 Å². The van der Waals surface area contributed by atoms with Gasteiger partial charge in [0.2, 0.25) is 11.8 Å². The third-order valence-electron chi connectivity index (χ3n) is 6.09. The van der Waals surface area contributed by atoms with Crippen LogP contribution in [-0.2, 0) is 22.6 Å². The maximum absolute atomic E-state index is 12.9. The molecule has 2 amide bonds. The van der Waals surface area contributed by atoms with Crippen LogP contribution in [0.5, 0.6) is 0 Å². The van der Waals surface area contributed by atoms with Crippen molar-refractivity contribution in [3.05, 3.63) is 41.7 Å². The summed E-state index contributed by atoms with van der Waals surface area (Å²) in [6, 6.07) is 9.79. The van der Waals surface area contributed by atoms with Gasteiger partial charge in [-0.3, -0.25) is 9.59 Å². The van der Waals surface area contributed by atoms with Gasteiger partial charge in [-0.2, -0.15) is 0 Å². The molecule has 1 aliphatic carbocycles. The van der Waals surface area contributed by atoms with E-state index in [1.54, 1.807) is 0 Å². The predicted molar refractivity (Wildman–Crippen MR) is 113 cm³/mol. The molecule has 0 spiro atoms. The van der Waals surface area contributed by atoms with Gasteiger partial charge in [0.05, 0.1) is 0 Å². The third-order valence-corrected chi connectivity index (χ3v) is 6.09. The molecule has 0 radical (unpaired) electrons. The van der Waals surface area contributed by atoms with Crippen LogP contribution in [0.15, 0.2) is 34.7 Å². The Hall–Kier alpha value is -2.56. The first-order chi connectivity index (χ1) is 14.0. The zero-order valence-corrected chi connectivity index (χ0v) is 17.4. The summed E-state index contributed by atoms with van der Waals surface area (Å²) in [6.07, 6.45) is 6.48. The van der Waals surface area contributed by atoms with E-state index in [1.165, 1.54) is 19.3 Å². The van der Waals surface area contributed by atoms with Crippen LogP contribution in [0.4, 0.5) is 5.69 Å². The monoisotopic (exact) mass is 394 g/mol. The molecule has 0 unspecified atom stereocenters. The van der Waals surface area contributed by atoms with Crippen molar-refractivity contribution in [2.45, 2.75) is 58.9 Å². The molecule has 5 nitrogen and oxygen atoms in total. The molecule has 154 valence electrons. The average Bonchev–Trinajstić information content (AvgIpc) is 3.17. The fourth-order valence-corrected chi connectivity index (χ4v) is 4.28. The van der Waals surface area contributed by atoms with E-state index in [9.17, 15) is 9.59 Å². The highest BCUT2D eigenvalue weighted by molar-refractivity contribution is 5.92. The van der Waals surface area contributed by atoms with E-state index in [4.69, 9.17) is 4.42 Å². The zero-order chi connectivity index (χ0) is 20.4. The first-order valence-corrected chi connectivity index (χ1v) is 10.8. The van der Waals surface area contributed by atoms with E-state index < -0.39 is 0 Å². The van der Waals surface area contributed by atoms with Gasteiger partial charge in [0, 0.05) is 48.2 Å². The summed E-state index contributed by atoms with van der Waals surface area (Å²) in [7, 11) is 0. The first kappa shape index (κ1) is 19.7. The number of hydrogen-bond acceptors (Lipinski definition) is 3. The van der Waals surface area contributed by atoms with Crippen LogP contribution in [0.1, 0.15) is 57.3 Å². The molecule has 4 rings (SSSR count). The zero-order valence-electron chi connectivity index (χ0n) is 17.4. The average molecular weight is 395 g/mol. The number of nitrogens with one attached hydrogen (secondary N) is 1. The lowest BCUT2D eigenvalue weighted by Crippen LogP contribution is -2.40. The molecular formula is C24H30N2O3. The molecule has 0 bridgehead atoms. The number of hydrogen-bond donors (Lipinski definition) is 1. The topological polar surface area (TPSA) is 62.6 Å². The first-order valence-electron chi connectivity index (χ1n) is 10.8. The van der Waals surface area contributed by atoms with Crippen molar-refractivity contribution >= 4 is 17.5 Å². The molecule has 5 heteroatoms. The summed E-state index contributed by atoms with van der Waals surface area (Å²) < 4.78 is 6.10. The molecule has 2 aliphatic rings. The second-order valence-electron chi connectivity index (χ2n) is 8.63. The van der Waals surface area contributed by atoms with Crippen LogP contribution >= 0.6 is 0 Å². The lowest BCUT2D eigenvalue weighted by Gasteiger charge is -2.31. The van der Waals surface area contributed by atoms with Crippen LogP contribution in [0.3, 0.4) is 0 Å². The highest BCUT2D eigenvalue weighted by Crippen LogP contribution is 2.32. The number of anilines is 1. The van der Waals surface area contributed by atoms with Crippen LogP contribution < -0.4 is 5.32 Å². The highest BCUT2D eigenvalue weighted by Gasteiger charge is 2.30. The largest absolute Gasteiger partial charge is 0.461 e. The smallest absolute Gasteiger partial charge is 0.226 e. The van der Waals surface area contributed by atoms with Crippen molar-refractivity contribution in [2.24, 2.45) is 11.8 Å². The van der Waals surface area contributed by atoms with Crippen LogP contribution in [0.2, 0.25) is 0 Å². The maximum Gasteiger partial charge on any atom is 0.226 e. The summed E-state index contributed by atoms with van der Waals surface area (Å²) in [5, 5.41) is 2.90. The molecule has 1 N–H and O–H groups in total.